The number of rotatable bonds is 1. The van der Waals surface area contributed by atoms with Crippen LogP contribution in [0.1, 0.15) is 37.3 Å². The van der Waals surface area contributed by atoms with Crippen molar-refractivity contribution in [3.63, 3.8) is 0 Å². The monoisotopic (exact) mass is 260 g/mol. The number of fused-ring (bicyclic) bond motifs is 1. The Kier molecular flexibility index (Phi) is 2.77. The molecule has 0 saturated carbocycles. The molecule has 0 spiro atoms. The Balaban J connectivity index is 2.81. The molecule has 0 aliphatic carbocycles. The van der Waals surface area contributed by atoms with E-state index in [-0.39, 0.29) is 16.4 Å². The van der Waals surface area contributed by atoms with Gasteiger partial charge in [-0.3, -0.25) is 0 Å². The van der Waals surface area contributed by atoms with Crippen LogP contribution in [0.3, 0.4) is 0 Å². The molecule has 1 heterocycles. The van der Waals surface area contributed by atoms with E-state index in [9.17, 15) is 17.2 Å². The van der Waals surface area contributed by atoms with E-state index in [2.05, 4.69) is 0 Å². The molecule has 17 heavy (non-hydrogen) atoms. The standard InChI is InChI=1S/C12H14F2O2S/c1-8(2)9-4-3-5-10-11(9)17(15,16)7-6-12(10,13)14/h3-5,8H,6-7H2,1-2H3. The highest BCUT2D eigenvalue weighted by molar-refractivity contribution is 7.91. The predicted octanol–water partition coefficient (Wildman–Crippen LogP) is 3.08. The van der Waals surface area contributed by atoms with Crippen molar-refractivity contribution >= 4 is 9.84 Å². The Morgan fingerprint density at radius 1 is 1.29 bits per heavy atom. The summed E-state index contributed by atoms with van der Waals surface area (Å²) in [5, 5.41) is 0. The smallest absolute Gasteiger partial charge is 0.224 e. The van der Waals surface area contributed by atoms with Crippen LogP contribution < -0.4 is 0 Å². The van der Waals surface area contributed by atoms with Gasteiger partial charge in [-0.05, 0) is 11.5 Å². The molecular formula is C12H14F2O2S. The molecule has 0 aromatic heterocycles. The summed E-state index contributed by atoms with van der Waals surface area (Å²) in [6.45, 7) is 3.61. The first-order valence-corrected chi connectivity index (χ1v) is 7.15. The third-order valence-electron chi connectivity index (χ3n) is 3.06. The molecule has 5 heteroatoms. The van der Waals surface area contributed by atoms with Gasteiger partial charge in [-0.2, -0.15) is 0 Å². The first-order valence-electron chi connectivity index (χ1n) is 5.50. The van der Waals surface area contributed by atoms with Gasteiger partial charge in [0.25, 0.3) is 5.92 Å². The van der Waals surface area contributed by atoms with Crippen LogP contribution in [-0.2, 0) is 15.8 Å². The van der Waals surface area contributed by atoms with Crippen LogP contribution >= 0.6 is 0 Å². The summed E-state index contributed by atoms with van der Waals surface area (Å²) in [6, 6.07) is 4.34. The molecule has 0 bridgehead atoms. The van der Waals surface area contributed by atoms with E-state index in [0.717, 1.165) is 0 Å². The zero-order valence-corrected chi connectivity index (χ0v) is 10.5. The highest BCUT2D eigenvalue weighted by Gasteiger charge is 2.44. The van der Waals surface area contributed by atoms with E-state index in [4.69, 9.17) is 0 Å². The average molecular weight is 260 g/mol. The highest BCUT2D eigenvalue weighted by atomic mass is 32.2. The maximum Gasteiger partial charge on any atom is 0.275 e. The molecule has 0 fully saturated rings. The predicted molar refractivity (Wildman–Crippen MR) is 61.1 cm³/mol. The van der Waals surface area contributed by atoms with Crippen LogP contribution in [0, 0.1) is 0 Å². The van der Waals surface area contributed by atoms with E-state index in [0.29, 0.717) is 5.56 Å². The maximum absolute atomic E-state index is 13.7. The van der Waals surface area contributed by atoms with Crippen molar-refractivity contribution in [2.45, 2.75) is 37.0 Å². The SMILES string of the molecule is CC(C)c1cccc2c1S(=O)(=O)CCC2(F)F. The molecule has 0 N–H and O–H groups in total. The second kappa shape index (κ2) is 3.77. The molecule has 0 saturated heterocycles. The first-order chi connectivity index (χ1) is 7.76. The summed E-state index contributed by atoms with van der Waals surface area (Å²) >= 11 is 0. The van der Waals surface area contributed by atoms with Crippen LogP contribution in [0.15, 0.2) is 23.1 Å². The molecule has 2 nitrogen and oxygen atoms in total. The van der Waals surface area contributed by atoms with Gasteiger partial charge in [-0.15, -0.1) is 0 Å². The molecule has 1 aliphatic heterocycles. The number of hydrogen-bond donors (Lipinski definition) is 0. The highest BCUT2D eigenvalue weighted by Crippen LogP contribution is 2.43. The number of sulfone groups is 1. The lowest BCUT2D eigenvalue weighted by Gasteiger charge is -2.27. The van der Waals surface area contributed by atoms with Crippen molar-refractivity contribution in [1.29, 1.82) is 0 Å². The zero-order chi connectivity index (χ0) is 12.8. The summed E-state index contributed by atoms with van der Waals surface area (Å²) in [5.74, 6) is -3.60. The lowest BCUT2D eigenvalue weighted by Crippen LogP contribution is -2.29. The van der Waals surface area contributed by atoms with Gasteiger partial charge in [0.1, 0.15) is 0 Å². The largest absolute Gasteiger partial charge is 0.275 e. The molecule has 94 valence electrons. The van der Waals surface area contributed by atoms with E-state index in [1.165, 1.54) is 12.1 Å². The van der Waals surface area contributed by atoms with Gasteiger partial charge in [0.05, 0.1) is 10.6 Å². The summed E-state index contributed by atoms with van der Waals surface area (Å²) in [7, 11) is -3.57. The number of benzene rings is 1. The second-order valence-corrected chi connectivity index (χ2v) is 6.70. The molecule has 1 aliphatic rings. The minimum absolute atomic E-state index is 0.0892. The molecule has 0 unspecified atom stereocenters. The summed E-state index contributed by atoms with van der Waals surface area (Å²) < 4.78 is 51.3. The van der Waals surface area contributed by atoms with E-state index < -0.39 is 27.9 Å². The third kappa shape index (κ3) is 1.97. The molecular weight excluding hydrogens is 246 g/mol. The fraction of sp³-hybridized carbons (Fsp3) is 0.500. The second-order valence-electron chi connectivity index (χ2n) is 4.65. The lowest BCUT2D eigenvalue weighted by molar-refractivity contribution is -0.0129. The van der Waals surface area contributed by atoms with Crippen molar-refractivity contribution in [3.05, 3.63) is 29.3 Å². The van der Waals surface area contributed by atoms with E-state index in [1.807, 2.05) is 0 Å². The summed E-state index contributed by atoms with van der Waals surface area (Å²) in [5.41, 5.74) is 0.150. The Hall–Kier alpha value is -0.970. The molecule has 2 rings (SSSR count). The zero-order valence-electron chi connectivity index (χ0n) is 9.70. The maximum atomic E-state index is 13.7. The number of alkyl halides is 2. The minimum atomic E-state index is -3.57. The fourth-order valence-corrected chi connectivity index (χ4v) is 4.09. The minimum Gasteiger partial charge on any atom is -0.224 e. The Morgan fingerprint density at radius 3 is 2.53 bits per heavy atom. The fourth-order valence-electron chi connectivity index (χ4n) is 2.14. The first kappa shape index (κ1) is 12.5. The van der Waals surface area contributed by atoms with Crippen molar-refractivity contribution in [2.24, 2.45) is 0 Å². The van der Waals surface area contributed by atoms with E-state index in [1.54, 1.807) is 19.9 Å². The normalized spacial score (nSPS) is 21.2. The third-order valence-corrected chi connectivity index (χ3v) is 4.88. The Labute approximate surface area is 99.6 Å². The molecule has 0 atom stereocenters. The van der Waals surface area contributed by atoms with Gasteiger partial charge >= 0.3 is 0 Å². The molecule has 1 aromatic rings. The lowest BCUT2D eigenvalue weighted by atomic mass is 9.97. The number of hydrogen-bond acceptors (Lipinski definition) is 2. The van der Waals surface area contributed by atoms with Crippen LogP contribution in [0.4, 0.5) is 8.78 Å². The Bertz CT molecular complexity index is 548. The van der Waals surface area contributed by atoms with Crippen LogP contribution in [0.25, 0.3) is 0 Å². The average Bonchev–Trinajstić information content (AvgIpc) is 2.24. The topological polar surface area (TPSA) is 34.1 Å². The van der Waals surface area contributed by atoms with Gasteiger partial charge in [0, 0.05) is 12.0 Å². The van der Waals surface area contributed by atoms with Crippen molar-refractivity contribution < 1.29 is 17.2 Å². The van der Waals surface area contributed by atoms with E-state index >= 15 is 0 Å². The summed E-state index contributed by atoms with van der Waals surface area (Å²) in [4.78, 5) is -0.147. The molecule has 0 radical (unpaired) electrons. The Morgan fingerprint density at radius 2 is 1.94 bits per heavy atom. The van der Waals surface area contributed by atoms with Gasteiger partial charge in [0.15, 0.2) is 9.84 Å². The van der Waals surface area contributed by atoms with Crippen LogP contribution in [0.2, 0.25) is 0 Å². The quantitative estimate of drug-likeness (QED) is 0.777. The van der Waals surface area contributed by atoms with Crippen LogP contribution in [-0.4, -0.2) is 14.2 Å². The van der Waals surface area contributed by atoms with Gasteiger partial charge in [0.2, 0.25) is 0 Å². The van der Waals surface area contributed by atoms with Gasteiger partial charge in [-0.1, -0.05) is 32.0 Å². The number of halogens is 2. The van der Waals surface area contributed by atoms with Crippen LogP contribution in [0.5, 0.6) is 0 Å². The van der Waals surface area contributed by atoms with Gasteiger partial charge < -0.3 is 0 Å². The molecule has 0 amide bonds. The molecule has 1 aromatic carbocycles. The van der Waals surface area contributed by atoms with Crippen molar-refractivity contribution in [3.8, 4) is 0 Å². The van der Waals surface area contributed by atoms with Crippen molar-refractivity contribution in [2.75, 3.05) is 5.75 Å². The van der Waals surface area contributed by atoms with Gasteiger partial charge in [-0.25, -0.2) is 17.2 Å². The van der Waals surface area contributed by atoms with Crippen molar-refractivity contribution in [1.82, 2.24) is 0 Å². The summed E-state index contributed by atoms with van der Waals surface area (Å²) in [6.07, 6.45) is -0.621.